The van der Waals surface area contributed by atoms with Crippen molar-refractivity contribution in [3.63, 3.8) is 0 Å². The maximum absolute atomic E-state index is 12.5. The van der Waals surface area contributed by atoms with Gasteiger partial charge in [0, 0.05) is 5.39 Å². The molecule has 3 rings (SSSR count). The lowest BCUT2D eigenvalue weighted by Gasteiger charge is -2.08. The van der Waals surface area contributed by atoms with E-state index in [1.165, 1.54) is 13.2 Å². The van der Waals surface area contributed by atoms with Crippen LogP contribution in [0.3, 0.4) is 0 Å². The van der Waals surface area contributed by atoms with Crippen LogP contribution in [0, 0.1) is 11.3 Å². The zero-order chi connectivity index (χ0) is 19.9. The van der Waals surface area contributed by atoms with Gasteiger partial charge in [-0.1, -0.05) is 24.3 Å². The van der Waals surface area contributed by atoms with Crippen LogP contribution < -0.4 is 14.2 Å². The van der Waals surface area contributed by atoms with E-state index in [2.05, 4.69) is 0 Å². The second kappa shape index (κ2) is 8.78. The molecular formula is C22H19NO5. The van der Waals surface area contributed by atoms with E-state index < -0.39 is 0 Å². The number of nitriles is 1. The van der Waals surface area contributed by atoms with Gasteiger partial charge in [-0.25, -0.2) is 0 Å². The highest BCUT2D eigenvalue weighted by Gasteiger charge is 2.13. The third kappa shape index (κ3) is 4.15. The second-order valence-corrected chi connectivity index (χ2v) is 5.77. The van der Waals surface area contributed by atoms with Crippen molar-refractivity contribution in [2.45, 2.75) is 6.92 Å². The number of benzene rings is 2. The smallest absolute Gasteiger partial charge is 0.221 e. The van der Waals surface area contributed by atoms with Gasteiger partial charge in [0.2, 0.25) is 5.78 Å². The largest absolute Gasteiger partial charge is 0.493 e. The van der Waals surface area contributed by atoms with Crippen LogP contribution in [0.25, 0.3) is 17.0 Å². The topological polar surface area (TPSA) is 81.7 Å². The van der Waals surface area contributed by atoms with E-state index in [4.69, 9.17) is 23.9 Å². The predicted molar refractivity (Wildman–Crippen MR) is 105 cm³/mol. The number of allylic oxidation sites excluding steroid dienone is 1. The summed E-state index contributed by atoms with van der Waals surface area (Å²) >= 11 is 0. The summed E-state index contributed by atoms with van der Waals surface area (Å²) in [5.41, 5.74) is 1.31. The fourth-order valence-electron chi connectivity index (χ4n) is 2.70. The Labute approximate surface area is 162 Å². The van der Waals surface area contributed by atoms with Crippen molar-refractivity contribution in [3.8, 4) is 23.3 Å². The molecule has 0 saturated heterocycles. The molecule has 6 heteroatoms. The highest BCUT2D eigenvalue weighted by molar-refractivity contribution is 6.07. The molecule has 0 amide bonds. The van der Waals surface area contributed by atoms with Crippen LogP contribution in [0.4, 0.5) is 0 Å². The summed E-state index contributed by atoms with van der Waals surface area (Å²) in [7, 11) is 1.51. The van der Waals surface area contributed by atoms with Crippen LogP contribution in [0.5, 0.6) is 17.2 Å². The standard InChI is InChI=1S/C22H19NO5/c1-3-26-19-6-4-5-16-14-20(28-22(16)19)17(24)9-7-15-8-10-18(27-12-11-23)21(13-15)25-2/h4-10,13-14H,3,12H2,1-2H3/b9-7+. The van der Waals surface area contributed by atoms with Gasteiger partial charge >= 0.3 is 0 Å². The number of ether oxygens (including phenoxy) is 3. The van der Waals surface area contributed by atoms with Crippen molar-refractivity contribution < 1.29 is 23.4 Å². The number of fused-ring (bicyclic) bond motifs is 1. The van der Waals surface area contributed by atoms with E-state index in [-0.39, 0.29) is 18.2 Å². The normalized spacial score (nSPS) is 10.8. The van der Waals surface area contributed by atoms with Gasteiger partial charge < -0.3 is 18.6 Å². The number of hydrogen-bond donors (Lipinski definition) is 0. The summed E-state index contributed by atoms with van der Waals surface area (Å²) in [6.07, 6.45) is 3.10. The first-order valence-electron chi connectivity index (χ1n) is 8.71. The van der Waals surface area contributed by atoms with Gasteiger partial charge in [-0.15, -0.1) is 0 Å². The number of nitrogens with zero attached hydrogens (tertiary/aromatic N) is 1. The molecule has 1 heterocycles. The lowest BCUT2D eigenvalue weighted by Crippen LogP contribution is -1.97. The van der Waals surface area contributed by atoms with Crippen molar-refractivity contribution in [2.24, 2.45) is 0 Å². The van der Waals surface area contributed by atoms with Crippen LogP contribution in [0.2, 0.25) is 0 Å². The molecule has 0 aliphatic rings. The Kier molecular flexibility index (Phi) is 5.97. The maximum atomic E-state index is 12.5. The van der Waals surface area contributed by atoms with Crippen molar-refractivity contribution in [3.05, 3.63) is 59.9 Å². The van der Waals surface area contributed by atoms with Crippen molar-refractivity contribution in [1.29, 1.82) is 5.26 Å². The molecule has 0 N–H and O–H groups in total. The number of carbonyl (C=O) groups excluding carboxylic acids is 1. The molecular weight excluding hydrogens is 358 g/mol. The molecule has 0 spiro atoms. The Bertz CT molecular complexity index is 1060. The molecule has 2 aromatic carbocycles. The van der Waals surface area contributed by atoms with Gasteiger partial charge in [0.25, 0.3) is 0 Å². The average molecular weight is 377 g/mol. The van der Waals surface area contributed by atoms with E-state index in [1.54, 1.807) is 30.3 Å². The molecule has 0 aliphatic carbocycles. The Morgan fingerprint density at radius 1 is 1.14 bits per heavy atom. The number of para-hydroxylation sites is 1. The number of furan rings is 1. The average Bonchev–Trinajstić information content (AvgIpc) is 3.16. The zero-order valence-electron chi connectivity index (χ0n) is 15.6. The number of rotatable bonds is 8. The maximum Gasteiger partial charge on any atom is 0.221 e. The van der Waals surface area contributed by atoms with Gasteiger partial charge in [-0.05, 0) is 42.8 Å². The Balaban J connectivity index is 1.81. The van der Waals surface area contributed by atoms with E-state index in [9.17, 15) is 4.79 Å². The van der Waals surface area contributed by atoms with E-state index in [0.29, 0.717) is 29.4 Å². The number of carbonyl (C=O) groups is 1. The lowest BCUT2D eigenvalue weighted by atomic mass is 10.1. The quantitative estimate of drug-likeness (QED) is 0.420. The minimum atomic E-state index is -0.262. The molecule has 0 unspecified atom stereocenters. The molecule has 3 aromatic rings. The van der Waals surface area contributed by atoms with Gasteiger partial charge in [-0.3, -0.25) is 4.79 Å². The summed E-state index contributed by atoms with van der Waals surface area (Å²) in [6, 6.07) is 14.3. The first-order chi connectivity index (χ1) is 13.7. The summed E-state index contributed by atoms with van der Waals surface area (Å²) in [4.78, 5) is 12.5. The molecule has 0 aliphatic heterocycles. The van der Waals surface area contributed by atoms with E-state index >= 15 is 0 Å². The fourth-order valence-corrected chi connectivity index (χ4v) is 2.70. The number of hydrogen-bond acceptors (Lipinski definition) is 6. The van der Waals surface area contributed by atoms with Crippen molar-refractivity contribution >= 4 is 22.8 Å². The van der Waals surface area contributed by atoms with Crippen molar-refractivity contribution in [1.82, 2.24) is 0 Å². The summed E-state index contributed by atoms with van der Waals surface area (Å²) in [5.74, 6) is 1.53. The zero-order valence-corrected chi connectivity index (χ0v) is 15.6. The minimum Gasteiger partial charge on any atom is -0.493 e. The number of methoxy groups -OCH3 is 1. The lowest BCUT2D eigenvalue weighted by molar-refractivity contribution is 0.102. The van der Waals surface area contributed by atoms with Crippen LogP contribution >= 0.6 is 0 Å². The van der Waals surface area contributed by atoms with Gasteiger partial charge in [-0.2, -0.15) is 5.26 Å². The molecule has 142 valence electrons. The number of ketones is 1. The molecule has 0 radical (unpaired) electrons. The van der Waals surface area contributed by atoms with Gasteiger partial charge in [0.15, 0.2) is 35.2 Å². The highest BCUT2D eigenvalue weighted by Crippen LogP contribution is 2.30. The second-order valence-electron chi connectivity index (χ2n) is 5.77. The Morgan fingerprint density at radius 2 is 2.00 bits per heavy atom. The van der Waals surface area contributed by atoms with E-state index in [0.717, 1.165) is 10.9 Å². The first kappa shape index (κ1) is 19.1. The molecule has 6 nitrogen and oxygen atoms in total. The van der Waals surface area contributed by atoms with Crippen LogP contribution in [0.1, 0.15) is 23.0 Å². The molecule has 28 heavy (non-hydrogen) atoms. The highest BCUT2D eigenvalue weighted by atomic mass is 16.5. The predicted octanol–water partition coefficient (Wildman–Crippen LogP) is 4.64. The Morgan fingerprint density at radius 3 is 2.75 bits per heavy atom. The van der Waals surface area contributed by atoms with E-state index in [1.807, 2.05) is 31.2 Å². The summed E-state index contributed by atoms with van der Waals surface area (Å²) < 4.78 is 21.8. The molecule has 0 atom stereocenters. The fraction of sp³-hybridized carbons (Fsp3) is 0.182. The third-order valence-corrected chi connectivity index (χ3v) is 3.96. The van der Waals surface area contributed by atoms with Crippen molar-refractivity contribution in [2.75, 3.05) is 20.3 Å². The SMILES string of the molecule is CCOc1cccc2cc(C(=O)/C=C/c3ccc(OCC#N)c(OC)c3)oc12. The molecule has 1 aromatic heterocycles. The molecule has 0 saturated carbocycles. The van der Waals surface area contributed by atoms with Gasteiger partial charge in [0.05, 0.1) is 13.7 Å². The third-order valence-electron chi connectivity index (χ3n) is 3.96. The Hall–Kier alpha value is -3.72. The van der Waals surface area contributed by atoms with Gasteiger partial charge in [0.1, 0.15) is 6.07 Å². The molecule has 0 fully saturated rings. The minimum absolute atomic E-state index is 0.0696. The van der Waals surface area contributed by atoms with Crippen LogP contribution in [-0.2, 0) is 0 Å². The first-order valence-corrected chi connectivity index (χ1v) is 8.71. The molecule has 0 bridgehead atoms. The summed E-state index contributed by atoms with van der Waals surface area (Å²) in [5, 5.41) is 9.43. The van der Waals surface area contributed by atoms with Crippen LogP contribution in [0.15, 0.2) is 53.0 Å². The van der Waals surface area contributed by atoms with Crippen LogP contribution in [-0.4, -0.2) is 26.1 Å². The summed E-state index contributed by atoms with van der Waals surface area (Å²) in [6.45, 7) is 2.33. The monoisotopic (exact) mass is 377 g/mol.